The molecule has 0 amide bonds. The zero-order valence-corrected chi connectivity index (χ0v) is 15.9. The predicted octanol–water partition coefficient (Wildman–Crippen LogP) is 5.40. The van der Waals surface area contributed by atoms with E-state index in [4.69, 9.17) is 0 Å². The van der Waals surface area contributed by atoms with Crippen LogP contribution in [-0.2, 0) is 32.6 Å². The minimum absolute atomic E-state index is 0. The van der Waals surface area contributed by atoms with Crippen LogP contribution in [0.5, 0.6) is 0 Å². The molecule has 0 bridgehead atoms. The van der Waals surface area contributed by atoms with Crippen LogP contribution in [0.25, 0.3) is 0 Å². The average Bonchev–Trinajstić information content (AvgIpc) is 2.99. The molecule has 0 aromatic heterocycles. The second-order valence-electron chi connectivity index (χ2n) is 5.33. The Balaban J connectivity index is 0.000000219. The van der Waals surface area contributed by atoms with Crippen LogP contribution < -0.4 is 0 Å². The minimum atomic E-state index is 0. The van der Waals surface area contributed by atoms with E-state index in [9.17, 15) is 0 Å². The van der Waals surface area contributed by atoms with Crippen LogP contribution in [0.1, 0.15) is 28.7 Å². The summed E-state index contributed by atoms with van der Waals surface area (Å²) in [6, 6.07) is 16.7. The maximum atomic E-state index is 3.88. The van der Waals surface area contributed by atoms with Crippen molar-refractivity contribution in [3.8, 4) is 0 Å². The first kappa shape index (κ1) is 18.7. The quantitative estimate of drug-likeness (QED) is 0.625. The fourth-order valence-electron chi connectivity index (χ4n) is 2.20. The summed E-state index contributed by atoms with van der Waals surface area (Å²) in [4.78, 5) is 0. The van der Waals surface area contributed by atoms with Crippen molar-refractivity contribution in [2.24, 2.45) is 0 Å². The van der Waals surface area contributed by atoms with E-state index in [0.29, 0.717) is 0 Å². The van der Waals surface area contributed by atoms with Crippen LogP contribution in [0.15, 0.2) is 66.3 Å². The second kappa shape index (κ2) is 9.64. The van der Waals surface area contributed by atoms with Gasteiger partial charge in [-0.25, -0.2) is 11.6 Å². The van der Waals surface area contributed by atoms with Crippen molar-refractivity contribution in [1.82, 2.24) is 0 Å². The average molecular weight is 366 g/mol. The molecule has 2 aromatic rings. The first-order valence-electron chi connectivity index (χ1n) is 7.35. The molecule has 0 spiro atoms. The Morgan fingerprint density at radius 3 is 2.27 bits per heavy atom. The molecule has 0 radical (unpaired) electrons. The molecule has 1 aliphatic rings. The van der Waals surface area contributed by atoms with Crippen LogP contribution >= 0.6 is 0 Å². The predicted molar refractivity (Wildman–Crippen MR) is 91.0 cm³/mol. The van der Waals surface area contributed by atoms with Crippen molar-refractivity contribution in [3.63, 3.8) is 0 Å². The van der Waals surface area contributed by atoms with Gasteiger partial charge in [0.05, 0.1) is 0 Å². The van der Waals surface area contributed by atoms with Gasteiger partial charge in [-0.3, -0.25) is 6.08 Å². The largest absolute Gasteiger partial charge is 2.00 e. The van der Waals surface area contributed by atoms with Crippen molar-refractivity contribution in [3.05, 3.63) is 102 Å². The molecule has 1 heteroatoms. The van der Waals surface area contributed by atoms with E-state index in [1.165, 1.54) is 22.3 Å². The molecule has 0 aliphatic heterocycles. The number of allylic oxidation sites excluding steroid dienone is 4. The van der Waals surface area contributed by atoms with Gasteiger partial charge in [-0.2, -0.15) is 24.6 Å². The summed E-state index contributed by atoms with van der Waals surface area (Å²) in [6.07, 6.45) is 9.63. The molecule has 3 rings (SSSR count). The molecular formula is C21H22Zr. The zero-order valence-electron chi connectivity index (χ0n) is 13.4. The maximum absolute atomic E-state index is 3.88. The topological polar surface area (TPSA) is 0 Å². The fraction of sp³-hybridized carbons (Fsp3) is 0.190. The van der Waals surface area contributed by atoms with Crippen molar-refractivity contribution >= 4 is 0 Å². The van der Waals surface area contributed by atoms with Crippen LogP contribution in [0.4, 0.5) is 0 Å². The van der Waals surface area contributed by atoms with E-state index >= 15 is 0 Å². The van der Waals surface area contributed by atoms with Gasteiger partial charge in [0.2, 0.25) is 0 Å². The zero-order chi connectivity index (χ0) is 15.1. The Kier molecular flexibility index (Phi) is 8.20. The number of rotatable bonds is 2. The van der Waals surface area contributed by atoms with Crippen molar-refractivity contribution in [1.29, 1.82) is 0 Å². The van der Waals surface area contributed by atoms with E-state index in [-0.39, 0.29) is 26.2 Å². The summed E-state index contributed by atoms with van der Waals surface area (Å²) in [7, 11) is 0. The van der Waals surface area contributed by atoms with Gasteiger partial charge in [-0.1, -0.05) is 50.2 Å². The van der Waals surface area contributed by atoms with Crippen LogP contribution in [0.2, 0.25) is 0 Å². The van der Waals surface area contributed by atoms with Gasteiger partial charge < -0.3 is 0 Å². The van der Waals surface area contributed by atoms with Gasteiger partial charge in [0.15, 0.2) is 0 Å². The van der Waals surface area contributed by atoms with Crippen molar-refractivity contribution in [2.45, 2.75) is 26.7 Å². The van der Waals surface area contributed by atoms with Gasteiger partial charge in [-0.05, 0) is 12.0 Å². The van der Waals surface area contributed by atoms with Crippen LogP contribution in [0.3, 0.4) is 0 Å². The summed E-state index contributed by atoms with van der Waals surface area (Å²) >= 11 is 0. The van der Waals surface area contributed by atoms with Gasteiger partial charge in [0, 0.05) is 0 Å². The SMILES string of the molecule is [C-]1=C(Cc2ccccc2)C=CC1.[CH2-]c1cccc(C)c1C.[Zr+2]. The number of benzene rings is 2. The van der Waals surface area contributed by atoms with E-state index in [1.807, 2.05) is 18.2 Å². The Hall–Kier alpha value is -1.33. The number of hydrogen-bond donors (Lipinski definition) is 0. The molecular weight excluding hydrogens is 343 g/mol. The normalized spacial score (nSPS) is 12.0. The fourth-order valence-corrected chi connectivity index (χ4v) is 2.20. The van der Waals surface area contributed by atoms with Crippen LogP contribution in [-0.4, -0.2) is 0 Å². The standard InChI is InChI=1S/C12H11.C9H11.Zr/c1-2-6-11(7-3-1)10-12-8-4-5-9-12;1-7-5-4-6-8(2)9(7)3;/h1-4,6-8H,5,10H2;4-6H,1H2,2-3H3;/q2*-1;+2. The second-order valence-corrected chi connectivity index (χ2v) is 5.33. The molecule has 0 fully saturated rings. The third kappa shape index (κ3) is 5.81. The van der Waals surface area contributed by atoms with Crippen molar-refractivity contribution < 1.29 is 26.2 Å². The number of aryl methyl sites for hydroxylation is 1. The minimum Gasteiger partial charge on any atom is -0.269 e. The molecule has 1 aliphatic carbocycles. The number of hydrogen-bond acceptors (Lipinski definition) is 0. The van der Waals surface area contributed by atoms with Crippen molar-refractivity contribution in [2.75, 3.05) is 0 Å². The summed E-state index contributed by atoms with van der Waals surface area (Å²) in [6.45, 7) is 8.08. The van der Waals surface area contributed by atoms with Crippen LogP contribution in [0, 0.1) is 26.8 Å². The van der Waals surface area contributed by atoms with E-state index in [2.05, 4.69) is 69.3 Å². The smallest absolute Gasteiger partial charge is 0.269 e. The Bertz CT molecular complexity index is 616. The van der Waals surface area contributed by atoms with Gasteiger partial charge in [0.1, 0.15) is 0 Å². The molecule has 2 aromatic carbocycles. The first-order valence-corrected chi connectivity index (χ1v) is 7.35. The summed E-state index contributed by atoms with van der Waals surface area (Å²) in [5, 5.41) is 0. The monoisotopic (exact) mass is 364 g/mol. The van der Waals surface area contributed by atoms with E-state index in [1.54, 1.807) is 0 Å². The molecule has 0 unspecified atom stereocenters. The van der Waals surface area contributed by atoms with Gasteiger partial charge in [0.25, 0.3) is 0 Å². The molecule has 110 valence electrons. The summed E-state index contributed by atoms with van der Waals surface area (Å²) < 4.78 is 0. The maximum Gasteiger partial charge on any atom is 2.00 e. The van der Waals surface area contributed by atoms with Gasteiger partial charge in [-0.15, -0.1) is 23.6 Å². The summed E-state index contributed by atoms with van der Waals surface area (Å²) in [5.41, 5.74) is 6.45. The molecule has 0 saturated heterocycles. The molecule has 0 nitrogen and oxygen atoms in total. The third-order valence-corrected chi connectivity index (χ3v) is 3.72. The van der Waals surface area contributed by atoms with E-state index in [0.717, 1.165) is 18.4 Å². The molecule has 0 heterocycles. The first-order chi connectivity index (χ1) is 10.2. The van der Waals surface area contributed by atoms with E-state index < -0.39 is 0 Å². The third-order valence-electron chi connectivity index (χ3n) is 3.72. The summed E-state index contributed by atoms with van der Waals surface area (Å²) in [5.74, 6) is 0. The Morgan fingerprint density at radius 2 is 1.73 bits per heavy atom. The molecule has 0 saturated carbocycles. The van der Waals surface area contributed by atoms with Gasteiger partial charge >= 0.3 is 26.2 Å². The molecule has 0 atom stereocenters. The Labute approximate surface area is 154 Å². The Morgan fingerprint density at radius 1 is 1.00 bits per heavy atom. The molecule has 22 heavy (non-hydrogen) atoms. The molecule has 0 N–H and O–H groups in total.